The summed E-state index contributed by atoms with van der Waals surface area (Å²) in [6.45, 7) is 17.3. The maximum Gasteiger partial charge on any atom is 0.186 e. The van der Waals surface area contributed by atoms with Crippen LogP contribution in [0.5, 0.6) is 28.7 Å². The molecule has 0 aliphatic rings. The number of phenolic OH excluding ortho intramolecular Hbond substituents is 2. The molecule has 5 heterocycles. The van der Waals surface area contributed by atoms with E-state index in [2.05, 4.69) is 45.7 Å². The van der Waals surface area contributed by atoms with Crippen LogP contribution in [-0.4, -0.2) is 104 Å². The monoisotopic (exact) mass is 1550 g/mol. The SMILES string of the molecule is CC(O)(Cn1ccnc1)c1ccccc1O.CCCCCCCCCOc1ccc(Cl)cc1C(C)(O)Cn1ccnc1.CCCCCCCCOc1ccc(Cl)cc1C(C)(O)Cn1ccnc1.CCCCCCCOc1ccc(Cl)cc1C(C)(O)Cn1ccnc1.O=C(Cn1ccnc1)c1cc(Cl)ccc1O. The van der Waals surface area contributed by atoms with E-state index >= 15 is 0 Å². The fraction of sp³-hybridized carbons (Fsp3) is 0.446. The highest BCUT2D eigenvalue weighted by molar-refractivity contribution is 6.31. The summed E-state index contributed by atoms with van der Waals surface area (Å²) in [7, 11) is 0. The van der Waals surface area contributed by atoms with E-state index in [0.717, 1.165) is 19.3 Å². The number of unbranched alkanes of at least 4 members (excludes halogenated alkanes) is 15. The normalized spacial score (nSPS) is 13.3. The topological polar surface area (TPSA) is 255 Å². The van der Waals surface area contributed by atoms with Crippen LogP contribution in [0.15, 0.2) is 191 Å². The van der Waals surface area contributed by atoms with Gasteiger partial charge in [-0.3, -0.25) is 4.79 Å². The van der Waals surface area contributed by atoms with Gasteiger partial charge in [0.05, 0.1) is 89.7 Å². The molecule has 4 unspecified atom stereocenters. The largest absolute Gasteiger partial charge is 0.508 e. The number of phenols is 2. The van der Waals surface area contributed by atoms with E-state index in [9.17, 15) is 35.4 Å². The van der Waals surface area contributed by atoms with Gasteiger partial charge in [-0.25, -0.2) is 24.9 Å². The zero-order valence-electron chi connectivity index (χ0n) is 63.1. The van der Waals surface area contributed by atoms with Gasteiger partial charge >= 0.3 is 0 Å². The van der Waals surface area contributed by atoms with Crippen LogP contribution in [0, 0.1) is 0 Å². The summed E-state index contributed by atoms with van der Waals surface area (Å²) in [6.07, 6.45) is 47.5. The minimum absolute atomic E-state index is 0.0606. The molecule has 0 aliphatic carbocycles. The van der Waals surface area contributed by atoms with Gasteiger partial charge in [0.2, 0.25) is 0 Å². The minimum Gasteiger partial charge on any atom is -0.508 e. The average molecular weight is 1550 g/mol. The molecule has 5 aromatic heterocycles. The fourth-order valence-corrected chi connectivity index (χ4v) is 12.6. The first-order chi connectivity index (χ1) is 51.3. The number of rotatable bonds is 39. The zero-order chi connectivity index (χ0) is 77.5. The number of hydrogen-bond acceptors (Lipinski definition) is 15. The van der Waals surface area contributed by atoms with Crippen LogP contribution < -0.4 is 14.2 Å². The lowest BCUT2D eigenvalue weighted by Gasteiger charge is -2.27. The van der Waals surface area contributed by atoms with Crippen molar-refractivity contribution < 1.29 is 49.6 Å². The van der Waals surface area contributed by atoms with E-state index in [1.807, 2.05) is 50.5 Å². The van der Waals surface area contributed by atoms with E-state index in [-0.39, 0.29) is 29.4 Å². The van der Waals surface area contributed by atoms with Crippen molar-refractivity contribution in [3.8, 4) is 28.7 Å². The average Bonchev–Trinajstić information content (AvgIpc) is 1.06. The number of nitrogens with zero attached hydrogens (tertiary/aromatic N) is 10. The van der Waals surface area contributed by atoms with Crippen LogP contribution in [-0.2, 0) is 55.1 Å². The van der Waals surface area contributed by atoms with Crippen molar-refractivity contribution >= 4 is 52.2 Å². The van der Waals surface area contributed by atoms with Crippen molar-refractivity contribution in [2.24, 2.45) is 0 Å². The Labute approximate surface area is 652 Å². The van der Waals surface area contributed by atoms with Crippen LogP contribution in [0.2, 0.25) is 20.1 Å². The zero-order valence-corrected chi connectivity index (χ0v) is 66.1. The van der Waals surface area contributed by atoms with Crippen LogP contribution in [0.3, 0.4) is 0 Å². The van der Waals surface area contributed by atoms with Crippen LogP contribution in [0.25, 0.3) is 0 Å². The third-order valence-electron chi connectivity index (χ3n) is 17.7. The number of halogens is 4. The summed E-state index contributed by atoms with van der Waals surface area (Å²) in [5.41, 5.74) is -1.54. The molecule has 0 saturated carbocycles. The molecule has 0 radical (unpaired) electrons. The molecule has 0 aliphatic heterocycles. The molecule has 580 valence electrons. The van der Waals surface area contributed by atoms with E-state index in [1.165, 1.54) is 115 Å². The second kappa shape index (κ2) is 46.2. The molecule has 5 aromatic carbocycles. The van der Waals surface area contributed by atoms with Gasteiger partial charge in [0.1, 0.15) is 51.2 Å². The van der Waals surface area contributed by atoms with Gasteiger partial charge < -0.3 is 67.7 Å². The molecule has 24 heteroatoms. The summed E-state index contributed by atoms with van der Waals surface area (Å²) in [5.74, 6) is 1.92. The maximum absolute atomic E-state index is 11.8. The van der Waals surface area contributed by atoms with Crippen LogP contribution in [0.1, 0.15) is 197 Å². The molecule has 0 saturated heterocycles. The first kappa shape index (κ1) is 87.7. The Morgan fingerprint density at radius 3 is 0.972 bits per heavy atom. The molecular formula is C83H110Cl4N10O10. The van der Waals surface area contributed by atoms with Crippen molar-refractivity contribution in [1.29, 1.82) is 0 Å². The molecule has 0 bridgehead atoms. The lowest BCUT2D eigenvalue weighted by molar-refractivity contribution is 0.0346. The van der Waals surface area contributed by atoms with Gasteiger partial charge in [-0.05, 0) is 126 Å². The van der Waals surface area contributed by atoms with Gasteiger partial charge in [0.15, 0.2) is 5.78 Å². The molecule has 0 spiro atoms. The molecule has 0 fully saturated rings. The van der Waals surface area contributed by atoms with Gasteiger partial charge in [0, 0.05) is 104 Å². The number of carbonyl (C=O) groups excluding carboxylic acids is 1. The number of ether oxygens (including phenoxy) is 3. The van der Waals surface area contributed by atoms with Crippen molar-refractivity contribution in [2.75, 3.05) is 19.8 Å². The molecule has 10 rings (SSSR count). The number of para-hydroxylation sites is 1. The molecule has 4 atom stereocenters. The Kier molecular flexibility index (Phi) is 37.9. The Morgan fingerprint density at radius 1 is 0.364 bits per heavy atom. The molecule has 20 nitrogen and oxygen atoms in total. The number of aliphatic hydroxyl groups is 4. The third kappa shape index (κ3) is 31.5. The van der Waals surface area contributed by atoms with Gasteiger partial charge in [-0.15, -0.1) is 0 Å². The maximum atomic E-state index is 11.8. The second-order valence-electron chi connectivity index (χ2n) is 27.6. The summed E-state index contributed by atoms with van der Waals surface area (Å²) >= 11 is 24.2. The Hall–Kier alpha value is -8.18. The number of benzene rings is 5. The predicted octanol–water partition coefficient (Wildman–Crippen LogP) is 19.2. The fourth-order valence-electron chi connectivity index (χ4n) is 11.9. The number of imidazole rings is 5. The molecular weight excluding hydrogens is 1440 g/mol. The number of hydrogen-bond donors (Lipinski definition) is 6. The Bertz CT molecular complexity index is 4060. The van der Waals surface area contributed by atoms with E-state index in [4.69, 9.17) is 60.6 Å². The number of Topliss-reactive ketones (excluding diaryl/α,β-unsaturated/α-hetero) is 1. The van der Waals surface area contributed by atoms with Crippen molar-refractivity contribution in [3.63, 3.8) is 0 Å². The summed E-state index contributed by atoms with van der Waals surface area (Å²) in [5, 5.41) is 64.7. The highest BCUT2D eigenvalue weighted by Gasteiger charge is 2.31. The summed E-state index contributed by atoms with van der Waals surface area (Å²) < 4.78 is 26.8. The first-order valence-electron chi connectivity index (χ1n) is 37.1. The number of ketones is 1. The smallest absolute Gasteiger partial charge is 0.186 e. The Morgan fingerprint density at radius 2 is 0.654 bits per heavy atom. The molecule has 107 heavy (non-hydrogen) atoms. The first-order valence-corrected chi connectivity index (χ1v) is 38.6. The standard InChI is InChI=1S/C21H31ClN2O2.C20H29ClN2O2.C19H27ClN2O2.C12H14N2O2.C11H9ClN2O2/c1-3-4-5-6-7-8-9-14-26-20-11-10-18(22)15-19(20)21(2,25)16-24-13-12-23-17-24;1-3-4-5-6-7-8-13-25-19-10-9-17(21)14-18(19)20(2,24)15-23-12-11-22-16-23;1-3-4-5-6-7-12-24-18-9-8-16(20)13-17(18)19(2,23)14-22-11-10-21-15-22;1-12(16,8-14-7-6-13-9-14)10-4-2-3-5-11(10)15;12-8-1-2-10(15)9(5-8)11(16)6-14-4-3-13-7-14/h10-13,15,17,25H,3-9,14,16H2,1-2H3;9-12,14,16,24H,3-8,13,15H2,1-2H3;8-11,13,15,23H,3-7,12,14H2,1-2H3;2-7,9,15-16H,8H2,1H3;1-5,7,15H,6H2. The van der Waals surface area contributed by atoms with E-state index in [1.54, 1.807) is 173 Å². The lowest BCUT2D eigenvalue weighted by atomic mass is 9.95. The van der Waals surface area contributed by atoms with Crippen LogP contribution >= 0.6 is 46.4 Å². The number of carbonyl (C=O) groups is 1. The van der Waals surface area contributed by atoms with E-state index < -0.39 is 22.4 Å². The lowest BCUT2D eigenvalue weighted by Crippen LogP contribution is -2.28. The Balaban J connectivity index is 0.000000212. The molecule has 10 aromatic rings. The summed E-state index contributed by atoms with van der Waals surface area (Å²) in [6, 6.07) is 27.5. The van der Waals surface area contributed by atoms with E-state index in [0.29, 0.717) is 106 Å². The highest BCUT2D eigenvalue weighted by atomic mass is 35.5. The predicted molar refractivity (Wildman–Crippen MR) is 426 cm³/mol. The number of aromatic nitrogens is 10. The van der Waals surface area contributed by atoms with Crippen LogP contribution in [0.4, 0.5) is 0 Å². The summed E-state index contributed by atoms with van der Waals surface area (Å²) in [4.78, 5) is 31.6. The van der Waals surface area contributed by atoms with Gasteiger partial charge in [-0.2, -0.15) is 0 Å². The third-order valence-corrected chi connectivity index (χ3v) is 18.6. The highest BCUT2D eigenvalue weighted by Crippen LogP contribution is 2.38. The second-order valence-corrected chi connectivity index (χ2v) is 29.4. The van der Waals surface area contributed by atoms with Crippen molar-refractivity contribution in [2.45, 2.75) is 219 Å². The molecule has 6 N–H and O–H groups in total. The molecule has 0 amide bonds. The van der Waals surface area contributed by atoms with Crippen molar-refractivity contribution in [1.82, 2.24) is 47.8 Å². The number of aromatic hydroxyl groups is 2. The minimum atomic E-state index is -1.12. The quantitative estimate of drug-likeness (QED) is 0.0155. The van der Waals surface area contributed by atoms with Gasteiger partial charge in [-0.1, -0.05) is 182 Å². The van der Waals surface area contributed by atoms with Gasteiger partial charge in [0.25, 0.3) is 0 Å². The van der Waals surface area contributed by atoms with Crippen molar-refractivity contribution in [3.05, 3.63) is 239 Å².